The minimum Gasteiger partial charge on any atom is -0.492 e. The predicted octanol–water partition coefficient (Wildman–Crippen LogP) is 6.36. The van der Waals surface area contributed by atoms with Gasteiger partial charge in [-0.2, -0.15) is 0 Å². The number of rotatable bonds is 16. The first-order chi connectivity index (χ1) is 22.0. The van der Waals surface area contributed by atoms with E-state index in [1.165, 1.54) is 25.5 Å². The van der Waals surface area contributed by atoms with E-state index < -0.39 is 12.0 Å². The standard InChI is InChI=1S/C38H40N2O5/c1-44-38(43)35(39-34-15-9-8-14-33(34)37(42)31-12-6-3-7-13-31)26-29-18-21-32(22-19-29)45-25-24-40(27-30-16-17-30)36(41)23-20-28-10-4-2-5-11-28/h2-15,18-19,21-22,30,35,39H,16-17,20,23-27H2,1H3. The first-order valence-corrected chi connectivity index (χ1v) is 15.6. The van der Waals surface area contributed by atoms with Gasteiger partial charge in [-0.3, -0.25) is 9.59 Å². The number of hydrogen-bond donors (Lipinski definition) is 1. The molecule has 1 N–H and O–H groups in total. The molecule has 0 heterocycles. The van der Waals surface area contributed by atoms with Crippen LogP contribution in [0.15, 0.2) is 109 Å². The van der Waals surface area contributed by atoms with Crippen LogP contribution in [0.2, 0.25) is 0 Å². The molecule has 7 nitrogen and oxygen atoms in total. The van der Waals surface area contributed by atoms with Gasteiger partial charge < -0.3 is 19.7 Å². The maximum atomic E-state index is 13.2. The summed E-state index contributed by atoms with van der Waals surface area (Å²) in [4.78, 5) is 41.0. The summed E-state index contributed by atoms with van der Waals surface area (Å²) < 4.78 is 11.1. The number of para-hydroxylation sites is 1. The molecule has 0 aromatic heterocycles. The molecule has 7 heteroatoms. The number of ether oxygens (including phenoxy) is 2. The van der Waals surface area contributed by atoms with Crippen LogP contribution in [0.1, 0.15) is 46.3 Å². The Morgan fingerprint density at radius 3 is 2.18 bits per heavy atom. The van der Waals surface area contributed by atoms with E-state index in [1.807, 2.05) is 71.6 Å². The molecule has 0 aliphatic heterocycles. The average Bonchev–Trinajstić information content (AvgIpc) is 3.92. The first kappa shape index (κ1) is 31.5. The van der Waals surface area contributed by atoms with E-state index in [4.69, 9.17) is 9.47 Å². The van der Waals surface area contributed by atoms with Gasteiger partial charge >= 0.3 is 5.97 Å². The number of amides is 1. The zero-order valence-electron chi connectivity index (χ0n) is 25.7. The summed E-state index contributed by atoms with van der Waals surface area (Å²) in [5, 5.41) is 3.25. The Balaban J connectivity index is 1.17. The van der Waals surface area contributed by atoms with Crippen LogP contribution in [0.4, 0.5) is 5.69 Å². The summed E-state index contributed by atoms with van der Waals surface area (Å²) in [5.74, 6) is 0.911. The zero-order chi connectivity index (χ0) is 31.4. The van der Waals surface area contributed by atoms with Crippen molar-refractivity contribution in [3.63, 3.8) is 0 Å². The second kappa shape index (κ2) is 15.7. The molecule has 4 aromatic rings. The van der Waals surface area contributed by atoms with Gasteiger partial charge in [0.2, 0.25) is 5.91 Å². The topological polar surface area (TPSA) is 84.9 Å². The molecule has 1 unspecified atom stereocenters. The molecule has 0 bridgehead atoms. The van der Waals surface area contributed by atoms with E-state index in [2.05, 4.69) is 17.4 Å². The lowest BCUT2D eigenvalue weighted by Gasteiger charge is -2.23. The maximum Gasteiger partial charge on any atom is 0.328 e. The number of benzene rings is 4. The maximum absolute atomic E-state index is 13.2. The van der Waals surface area contributed by atoms with Gasteiger partial charge in [-0.15, -0.1) is 0 Å². The summed E-state index contributed by atoms with van der Waals surface area (Å²) in [7, 11) is 1.36. The van der Waals surface area contributed by atoms with E-state index in [0.717, 1.165) is 18.5 Å². The highest BCUT2D eigenvalue weighted by molar-refractivity contribution is 6.12. The predicted molar refractivity (Wildman–Crippen MR) is 175 cm³/mol. The molecule has 1 aliphatic rings. The van der Waals surface area contributed by atoms with Crippen LogP contribution >= 0.6 is 0 Å². The molecule has 4 aromatic carbocycles. The van der Waals surface area contributed by atoms with Crippen LogP contribution in [-0.4, -0.2) is 55.4 Å². The minimum absolute atomic E-state index is 0.127. The third-order valence-electron chi connectivity index (χ3n) is 8.01. The van der Waals surface area contributed by atoms with Crippen molar-refractivity contribution in [3.05, 3.63) is 131 Å². The fourth-order valence-electron chi connectivity index (χ4n) is 5.29. The highest BCUT2D eigenvalue weighted by Crippen LogP contribution is 2.30. The Morgan fingerprint density at radius 1 is 0.822 bits per heavy atom. The molecule has 1 aliphatic carbocycles. The zero-order valence-corrected chi connectivity index (χ0v) is 25.7. The van der Waals surface area contributed by atoms with Gasteiger partial charge in [0.15, 0.2) is 5.78 Å². The number of esters is 1. The van der Waals surface area contributed by atoms with Crippen LogP contribution < -0.4 is 10.1 Å². The van der Waals surface area contributed by atoms with Crippen LogP contribution in [-0.2, 0) is 27.2 Å². The number of carbonyl (C=O) groups excluding carboxylic acids is 3. The highest BCUT2D eigenvalue weighted by atomic mass is 16.5. The van der Waals surface area contributed by atoms with Gasteiger partial charge in [0, 0.05) is 36.2 Å². The third kappa shape index (κ3) is 9.29. The largest absolute Gasteiger partial charge is 0.492 e. The molecule has 1 fully saturated rings. The van der Waals surface area contributed by atoms with Crippen LogP contribution in [0.25, 0.3) is 0 Å². The molecule has 5 rings (SSSR count). The van der Waals surface area contributed by atoms with Gasteiger partial charge in [-0.1, -0.05) is 84.9 Å². The lowest BCUT2D eigenvalue weighted by molar-refractivity contribution is -0.141. The number of aryl methyl sites for hydroxylation is 1. The lowest BCUT2D eigenvalue weighted by Crippen LogP contribution is -2.36. The number of hydrogen-bond acceptors (Lipinski definition) is 6. The molecule has 0 saturated heterocycles. The van der Waals surface area contributed by atoms with Crippen molar-refractivity contribution in [2.75, 3.05) is 32.1 Å². The summed E-state index contributed by atoms with van der Waals surface area (Å²) in [6, 6.07) is 33.2. The molecule has 45 heavy (non-hydrogen) atoms. The van der Waals surface area contributed by atoms with E-state index in [0.29, 0.717) is 54.5 Å². The Kier molecular flexibility index (Phi) is 11.0. The number of nitrogens with one attached hydrogen (secondary N) is 1. The second-order valence-electron chi connectivity index (χ2n) is 11.4. The quantitative estimate of drug-likeness (QED) is 0.118. The molecule has 0 radical (unpaired) electrons. The Bertz CT molecular complexity index is 1550. The Labute approximate surface area is 265 Å². The third-order valence-corrected chi connectivity index (χ3v) is 8.01. The molecule has 1 atom stereocenters. The fourth-order valence-corrected chi connectivity index (χ4v) is 5.29. The van der Waals surface area contributed by atoms with Gasteiger partial charge in [0.25, 0.3) is 0 Å². The van der Waals surface area contributed by atoms with Gasteiger partial charge in [0.05, 0.1) is 13.7 Å². The van der Waals surface area contributed by atoms with Crippen molar-refractivity contribution in [1.29, 1.82) is 0 Å². The summed E-state index contributed by atoms with van der Waals surface area (Å²) in [5.41, 5.74) is 3.70. The molecule has 1 saturated carbocycles. The van der Waals surface area contributed by atoms with Crippen LogP contribution in [0.3, 0.4) is 0 Å². The normalized spacial score (nSPS) is 13.0. The molecule has 1 amide bonds. The number of anilines is 1. The SMILES string of the molecule is COC(=O)C(Cc1ccc(OCCN(CC2CC2)C(=O)CCc2ccccc2)cc1)Nc1ccccc1C(=O)c1ccccc1. The van der Waals surface area contributed by atoms with E-state index >= 15 is 0 Å². The van der Waals surface area contributed by atoms with Crippen molar-refractivity contribution in [3.8, 4) is 5.75 Å². The van der Waals surface area contributed by atoms with E-state index in [-0.39, 0.29) is 11.7 Å². The highest BCUT2D eigenvalue weighted by Gasteiger charge is 2.27. The van der Waals surface area contributed by atoms with Crippen LogP contribution in [0, 0.1) is 5.92 Å². The average molecular weight is 605 g/mol. The summed E-state index contributed by atoms with van der Waals surface area (Å²) in [6.45, 7) is 1.74. The van der Waals surface area contributed by atoms with Crippen LogP contribution in [0.5, 0.6) is 5.75 Å². The number of carbonyl (C=O) groups is 3. The molecule has 0 spiro atoms. The van der Waals surface area contributed by atoms with Crippen molar-refractivity contribution in [2.24, 2.45) is 5.92 Å². The molecule has 232 valence electrons. The van der Waals surface area contributed by atoms with E-state index in [9.17, 15) is 14.4 Å². The molecular weight excluding hydrogens is 564 g/mol. The number of methoxy groups -OCH3 is 1. The smallest absolute Gasteiger partial charge is 0.328 e. The lowest BCUT2D eigenvalue weighted by atomic mass is 10.00. The monoisotopic (exact) mass is 604 g/mol. The Hall–Kier alpha value is -4.91. The number of nitrogens with zero attached hydrogens (tertiary/aromatic N) is 1. The van der Waals surface area contributed by atoms with E-state index in [1.54, 1.807) is 30.3 Å². The van der Waals surface area contributed by atoms with Crippen molar-refractivity contribution >= 4 is 23.3 Å². The number of ketones is 1. The summed E-state index contributed by atoms with van der Waals surface area (Å²) >= 11 is 0. The first-order valence-electron chi connectivity index (χ1n) is 15.6. The van der Waals surface area contributed by atoms with Crippen molar-refractivity contribution < 1.29 is 23.9 Å². The molecular formula is C38H40N2O5. The van der Waals surface area contributed by atoms with Gasteiger partial charge in [-0.25, -0.2) is 4.79 Å². The minimum atomic E-state index is -0.704. The van der Waals surface area contributed by atoms with Crippen molar-refractivity contribution in [1.82, 2.24) is 4.90 Å². The summed E-state index contributed by atoms with van der Waals surface area (Å²) in [6.07, 6.45) is 3.94. The van der Waals surface area contributed by atoms with Crippen molar-refractivity contribution in [2.45, 2.75) is 38.1 Å². The van der Waals surface area contributed by atoms with Gasteiger partial charge in [-0.05, 0) is 60.6 Å². The Morgan fingerprint density at radius 2 is 1.49 bits per heavy atom. The fraction of sp³-hybridized carbons (Fsp3) is 0.289. The second-order valence-corrected chi connectivity index (χ2v) is 11.4. The van der Waals surface area contributed by atoms with Gasteiger partial charge in [0.1, 0.15) is 18.4 Å².